The molecule has 2 rings (SSSR count). The summed E-state index contributed by atoms with van der Waals surface area (Å²) >= 11 is 0. The van der Waals surface area contributed by atoms with E-state index in [0.717, 1.165) is 17.7 Å². The largest absolute Gasteiger partial charge is 0.481 e. The second kappa shape index (κ2) is 9.01. The molecule has 24 heavy (non-hydrogen) atoms. The van der Waals surface area contributed by atoms with Gasteiger partial charge in [0.15, 0.2) is 0 Å². The maximum absolute atomic E-state index is 11.8. The normalized spacial score (nSPS) is 9.50. The summed E-state index contributed by atoms with van der Waals surface area (Å²) < 4.78 is 5.62. The van der Waals surface area contributed by atoms with Gasteiger partial charge in [-0.3, -0.25) is 9.59 Å². The number of allylic oxidation sites excluding steroid dienone is 1. The number of carbonyl (C=O) groups is 1. The van der Waals surface area contributed by atoms with Crippen LogP contribution in [0, 0.1) is 11.8 Å². The molecule has 1 aromatic carbocycles. The van der Waals surface area contributed by atoms with E-state index in [4.69, 9.17) is 4.74 Å². The van der Waals surface area contributed by atoms with Crippen LogP contribution in [0.1, 0.15) is 15.9 Å². The lowest BCUT2D eigenvalue weighted by Crippen LogP contribution is -2.24. The SMILES string of the molecule is C=CCc1ccccc1OCC#CCNC(=O)c1ccc(=O)[nH]c1. The van der Waals surface area contributed by atoms with Crippen molar-refractivity contribution >= 4 is 5.91 Å². The van der Waals surface area contributed by atoms with Gasteiger partial charge in [0.25, 0.3) is 5.91 Å². The lowest BCUT2D eigenvalue weighted by Gasteiger charge is -2.07. The van der Waals surface area contributed by atoms with E-state index in [0.29, 0.717) is 5.56 Å². The van der Waals surface area contributed by atoms with Gasteiger partial charge in [0, 0.05) is 12.3 Å². The third-order valence-electron chi connectivity index (χ3n) is 3.15. The molecular formula is C19H18N2O3. The number of carbonyl (C=O) groups excluding carboxylic acids is 1. The van der Waals surface area contributed by atoms with Gasteiger partial charge in [0.2, 0.25) is 5.56 Å². The molecular weight excluding hydrogens is 304 g/mol. The highest BCUT2D eigenvalue weighted by molar-refractivity contribution is 5.93. The molecule has 0 spiro atoms. The van der Waals surface area contributed by atoms with E-state index < -0.39 is 0 Å². The highest BCUT2D eigenvalue weighted by atomic mass is 16.5. The average Bonchev–Trinajstić information content (AvgIpc) is 2.60. The molecule has 0 saturated carbocycles. The summed E-state index contributed by atoms with van der Waals surface area (Å²) in [5, 5.41) is 2.65. The standard InChI is InChI=1S/C19H18N2O3/c1-2-7-15-8-3-4-9-17(15)24-13-6-5-12-20-19(23)16-10-11-18(22)21-14-16/h2-4,8-11,14H,1,7,12-13H2,(H,20,23)(H,21,22). The van der Waals surface area contributed by atoms with Crippen molar-refractivity contribution in [2.24, 2.45) is 0 Å². The van der Waals surface area contributed by atoms with Gasteiger partial charge in [0.05, 0.1) is 12.1 Å². The van der Waals surface area contributed by atoms with Crippen LogP contribution in [0.15, 0.2) is 60.0 Å². The fourth-order valence-corrected chi connectivity index (χ4v) is 1.97. The molecule has 0 fully saturated rings. The number of hydrogen-bond donors (Lipinski definition) is 2. The summed E-state index contributed by atoms with van der Waals surface area (Å²) in [6.07, 6.45) is 3.92. The second-order valence-corrected chi connectivity index (χ2v) is 4.87. The summed E-state index contributed by atoms with van der Waals surface area (Å²) in [6, 6.07) is 10.5. The van der Waals surface area contributed by atoms with E-state index >= 15 is 0 Å². The molecule has 2 N–H and O–H groups in total. The minimum absolute atomic E-state index is 0.204. The number of aromatic nitrogens is 1. The van der Waals surface area contributed by atoms with E-state index in [1.165, 1.54) is 18.3 Å². The Labute approximate surface area is 140 Å². The van der Waals surface area contributed by atoms with Crippen LogP contribution in [0.3, 0.4) is 0 Å². The zero-order valence-electron chi connectivity index (χ0n) is 13.2. The van der Waals surface area contributed by atoms with Crippen LogP contribution < -0.4 is 15.6 Å². The molecule has 0 unspecified atom stereocenters. The smallest absolute Gasteiger partial charge is 0.253 e. The first-order valence-corrected chi connectivity index (χ1v) is 7.45. The molecule has 0 aliphatic heterocycles. The van der Waals surface area contributed by atoms with Gasteiger partial charge in [-0.1, -0.05) is 36.1 Å². The summed E-state index contributed by atoms with van der Waals surface area (Å²) in [6.45, 7) is 4.16. The fourth-order valence-electron chi connectivity index (χ4n) is 1.97. The molecule has 1 aromatic heterocycles. The van der Waals surface area contributed by atoms with E-state index in [-0.39, 0.29) is 24.6 Å². The Kier molecular flexibility index (Phi) is 6.42. The molecule has 5 nitrogen and oxygen atoms in total. The molecule has 1 heterocycles. The lowest BCUT2D eigenvalue weighted by atomic mass is 10.1. The van der Waals surface area contributed by atoms with Crippen molar-refractivity contribution in [3.05, 3.63) is 76.7 Å². The number of hydrogen-bond acceptors (Lipinski definition) is 3. The maximum Gasteiger partial charge on any atom is 0.253 e. The van der Waals surface area contributed by atoms with Gasteiger partial charge in [0.1, 0.15) is 12.4 Å². The van der Waals surface area contributed by atoms with Crippen LogP contribution in [0.25, 0.3) is 0 Å². The van der Waals surface area contributed by atoms with E-state index in [1.807, 2.05) is 30.3 Å². The minimum Gasteiger partial charge on any atom is -0.481 e. The number of rotatable bonds is 6. The number of benzene rings is 1. The average molecular weight is 322 g/mol. The zero-order chi connectivity index (χ0) is 17.2. The number of ether oxygens (including phenoxy) is 1. The number of pyridine rings is 1. The predicted molar refractivity (Wildman–Crippen MR) is 93.0 cm³/mol. The van der Waals surface area contributed by atoms with Crippen LogP contribution in [0.4, 0.5) is 0 Å². The zero-order valence-corrected chi connectivity index (χ0v) is 13.2. The summed E-state index contributed by atoms with van der Waals surface area (Å²) in [7, 11) is 0. The van der Waals surface area contributed by atoms with Crippen LogP contribution in [0.2, 0.25) is 0 Å². The molecule has 2 aromatic rings. The second-order valence-electron chi connectivity index (χ2n) is 4.87. The molecule has 0 saturated heterocycles. The quantitative estimate of drug-likeness (QED) is 0.630. The third-order valence-corrected chi connectivity index (χ3v) is 3.15. The van der Waals surface area contributed by atoms with Crippen molar-refractivity contribution in [1.82, 2.24) is 10.3 Å². The first kappa shape index (κ1) is 17.1. The Morgan fingerprint density at radius 3 is 2.83 bits per heavy atom. The van der Waals surface area contributed by atoms with Gasteiger partial charge in [-0.2, -0.15) is 0 Å². The first-order valence-electron chi connectivity index (χ1n) is 7.45. The van der Waals surface area contributed by atoms with E-state index in [2.05, 4.69) is 28.7 Å². The van der Waals surface area contributed by atoms with Crippen molar-refractivity contribution in [2.45, 2.75) is 6.42 Å². The Balaban J connectivity index is 1.78. The summed E-state index contributed by atoms with van der Waals surface area (Å²) in [5.41, 5.74) is 1.19. The van der Waals surface area contributed by atoms with Crippen molar-refractivity contribution < 1.29 is 9.53 Å². The maximum atomic E-state index is 11.8. The summed E-state index contributed by atoms with van der Waals surface area (Å²) in [5.74, 6) is 6.16. The molecule has 0 aliphatic rings. The van der Waals surface area contributed by atoms with Crippen molar-refractivity contribution in [2.75, 3.05) is 13.2 Å². The highest BCUT2D eigenvalue weighted by Gasteiger charge is 2.03. The number of para-hydroxylation sites is 1. The van der Waals surface area contributed by atoms with Crippen molar-refractivity contribution in [3.8, 4) is 17.6 Å². The predicted octanol–water partition coefficient (Wildman–Crippen LogP) is 1.92. The monoisotopic (exact) mass is 322 g/mol. The minimum atomic E-state index is -0.294. The van der Waals surface area contributed by atoms with Gasteiger partial charge in [-0.15, -0.1) is 6.58 Å². The van der Waals surface area contributed by atoms with Gasteiger partial charge in [-0.05, 0) is 24.1 Å². The summed E-state index contributed by atoms with van der Waals surface area (Å²) in [4.78, 5) is 25.2. The fraction of sp³-hybridized carbons (Fsp3) is 0.158. The van der Waals surface area contributed by atoms with Gasteiger partial charge >= 0.3 is 0 Å². The molecule has 0 bridgehead atoms. The number of nitrogens with one attached hydrogen (secondary N) is 2. The lowest BCUT2D eigenvalue weighted by molar-refractivity contribution is 0.0958. The highest BCUT2D eigenvalue weighted by Crippen LogP contribution is 2.18. The van der Waals surface area contributed by atoms with Crippen LogP contribution in [0.5, 0.6) is 5.75 Å². The van der Waals surface area contributed by atoms with Gasteiger partial charge < -0.3 is 15.0 Å². The Morgan fingerprint density at radius 1 is 1.25 bits per heavy atom. The Morgan fingerprint density at radius 2 is 2.08 bits per heavy atom. The first-order chi connectivity index (χ1) is 11.7. The molecule has 5 heteroatoms. The molecule has 1 amide bonds. The molecule has 0 radical (unpaired) electrons. The van der Waals surface area contributed by atoms with Crippen LogP contribution >= 0.6 is 0 Å². The van der Waals surface area contributed by atoms with Gasteiger partial charge in [-0.25, -0.2) is 0 Å². The molecule has 0 aliphatic carbocycles. The van der Waals surface area contributed by atoms with Crippen molar-refractivity contribution in [1.29, 1.82) is 0 Å². The molecule has 0 atom stereocenters. The molecule has 122 valence electrons. The van der Waals surface area contributed by atoms with Crippen LogP contribution in [-0.4, -0.2) is 24.0 Å². The van der Waals surface area contributed by atoms with E-state index in [1.54, 1.807) is 0 Å². The van der Waals surface area contributed by atoms with Crippen molar-refractivity contribution in [3.63, 3.8) is 0 Å². The van der Waals surface area contributed by atoms with E-state index in [9.17, 15) is 9.59 Å². The topological polar surface area (TPSA) is 71.2 Å². The number of amides is 1. The third kappa shape index (κ3) is 5.18. The Bertz CT molecular complexity index is 808. The van der Waals surface area contributed by atoms with Crippen LogP contribution in [-0.2, 0) is 6.42 Å². The number of H-pyrrole nitrogens is 1. The Hall–Kier alpha value is -3.26. The number of aromatic amines is 1.